The first-order valence-electron chi connectivity index (χ1n) is 6.61. The molecule has 3 aliphatic carbocycles. The van der Waals surface area contributed by atoms with Crippen LogP contribution < -0.4 is 5.69 Å². The minimum atomic E-state index is -0.521. The first-order valence-corrected chi connectivity index (χ1v) is 6.61. The van der Waals surface area contributed by atoms with E-state index >= 15 is 0 Å². The molecule has 8 heteroatoms. The largest absolute Gasteiger partial charge is 0.457 e. The fraction of sp³-hybridized carbons (Fsp3) is 0.583. The fourth-order valence-electron chi connectivity index (χ4n) is 3.17. The van der Waals surface area contributed by atoms with E-state index in [4.69, 9.17) is 4.74 Å². The molecule has 8 nitrogen and oxygen atoms in total. The monoisotopic (exact) mass is 275 g/mol. The second-order valence-corrected chi connectivity index (χ2v) is 5.56. The summed E-state index contributed by atoms with van der Waals surface area (Å²) in [6, 6.07) is 0. The number of fused-ring (bicyclic) bond motifs is 2. The molecule has 20 heavy (non-hydrogen) atoms. The van der Waals surface area contributed by atoms with Crippen LogP contribution in [0.15, 0.2) is 11.1 Å². The van der Waals surface area contributed by atoms with Crippen LogP contribution in [-0.2, 0) is 11.8 Å². The highest BCUT2D eigenvalue weighted by atomic mass is 16.5. The second-order valence-electron chi connectivity index (χ2n) is 5.56. The highest BCUT2D eigenvalue weighted by Gasteiger charge is 2.46. The van der Waals surface area contributed by atoms with Gasteiger partial charge in [-0.3, -0.25) is 0 Å². The summed E-state index contributed by atoms with van der Waals surface area (Å²) in [4.78, 5) is 27.9. The zero-order valence-corrected chi connectivity index (χ0v) is 10.9. The Morgan fingerprint density at radius 2 is 2.20 bits per heavy atom. The Hall–Kier alpha value is -2.25. The molecule has 5 rings (SSSR count). The average Bonchev–Trinajstić information content (AvgIpc) is 3.04. The molecular formula is C12H13N5O3. The van der Waals surface area contributed by atoms with E-state index in [9.17, 15) is 9.59 Å². The van der Waals surface area contributed by atoms with E-state index < -0.39 is 11.7 Å². The number of ether oxygens (including phenoxy) is 1. The van der Waals surface area contributed by atoms with Crippen LogP contribution in [0.3, 0.4) is 0 Å². The molecule has 0 amide bonds. The number of imidazole rings is 1. The van der Waals surface area contributed by atoms with Gasteiger partial charge in [-0.1, -0.05) is 5.21 Å². The van der Waals surface area contributed by atoms with Gasteiger partial charge in [0.2, 0.25) is 0 Å². The zero-order chi connectivity index (χ0) is 13.9. The molecule has 2 aromatic heterocycles. The molecule has 0 radical (unpaired) electrons. The molecule has 2 bridgehead atoms. The van der Waals surface area contributed by atoms with Crippen LogP contribution in [-0.4, -0.2) is 36.5 Å². The van der Waals surface area contributed by atoms with Crippen LogP contribution in [0.4, 0.5) is 0 Å². The third-order valence-electron chi connectivity index (χ3n) is 4.31. The Morgan fingerprint density at radius 1 is 1.40 bits per heavy atom. The van der Waals surface area contributed by atoms with Crippen molar-refractivity contribution in [1.29, 1.82) is 0 Å². The molecule has 0 N–H and O–H groups in total. The number of hydrogen-bond donors (Lipinski definition) is 0. The molecule has 1 unspecified atom stereocenters. The van der Waals surface area contributed by atoms with E-state index in [1.807, 2.05) is 0 Å². The molecule has 3 saturated carbocycles. The summed E-state index contributed by atoms with van der Waals surface area (Å²) in [6.45, 7) is 0. The van der Waals surface area contributed by atoms with Gasteiger partial charge in [0, 0.05) is 7.05 Å². The van der Waals surface area contributed by atoms with Crippen molar-refractivity contribution < 1.29 is 9.53 Å². The summed E-state index contributed by atoms with van der Waals surface area (Å²) < 4.78 is 7.77. The number of nitrogens with zero attached hydrogens (tertiary/aromatic N) is 5. The normalized spacial score (nSPS) is 27.6. The zero-order valence-electron chi connectivity index (χ0n) is 10.9. The molecule has 2 heterocycles. The van der Waals surface area contributed by atoms with Gasteiger partial charge in [0.25, 0.3) is 0 Å². The number of carbonyl (C=O) groups is 1. The molecule has 3 aliphatic rings. The van der Waals surface area contributed by atoms with Gasteiger partial charge >= 0.3 is 11.7 Å². The molecule has 104 valence electrons. The average molecular weight is 275 g/mol. The molecule has 0 aliphatic heterocycles. The highest BCUT2D eigenvalue weighted by molar-refractivity contribution is 5.93. The molecule has 1 atom stereocenters. The number of esters is 1. The van der Waals surface area contributed by atoms with Gasteiger partial charge in [0.05, 0.1) is 0 Å². The van der Waals surface area contributed by atoms with Gasteiger partial charge in [0.15, 0.2) is 11.3 Å². The van der Waals surface area contributed by atoms with Crippen molar-refractivity contribution in [2.45, 2.75) is 25.4 Å². The summed E-state index contributed by atoms with van der Waals surface area (Å²) in [5.41, 5.74) is -0.201. The first-order chi connectivity index (χ1) is 9.63. The fourth-order valence-corrected chi connectivity index (χ4v) is 3.17. The maximum absolute atomic E-state index is 12.2. The summed E-state index contributed by atoms with van der Waals surface area (Å²) in [5, 5.41) is 7.50. The summed E-state index contributed by atoms with van der Waals surface area (Å²) >= 11 is 0. The van der Waals surface area contributed by atoms with Crippen molar-refractivity contribution in [1.82, 2.24) is 24.4 Å². The van der Waals surface area contributed by atoms with Crippen LogP contribution in [0.25, 0.3) is 5.65 Å². The Balaban J connectivity index is 1.66. The van der Waals surface area contributed by atoms with Crippen LogP contribution in [0.1, 0.15) is 29.8 Å². The summed E-state index contributed by atoms with van der Waals surface area (Å²) in [5.74, 6) is 0.688. The lowest BCUT2D eigenvalue weighted by molar-refractivity contribution is 0.0224. The minimum absolute atomic E-state index is 0.0104. The van der Waals surface area contributed by atoms with Crippen LogP contribution in [0.2, 0.25) is 0 Å². The maximum atomic E-state index is 12.2. The van der Waals surface area contributed by atoms with Crippen molar-refractivity contribution in [3.8, 4) is 0 Å². The number of aryl methyl sites for hydroxylation is 1. The molecular weight excluding hydrogens is 262 g/mol. The van der Waals surface area contributed by atoms with Crippen LogP contribution >= 0.6 is 0 Å². The Bertz CT molecular complexity index is 758. The van der Waals surface area contributed by atoms with Crippen LogP contribution in [0, 0.1) is 11.8 Å². The quantitative estimate of drug-likeness (QED) is 0.704. The maximum Gasteiger partial charge on any atom is 0.361 e. The van der Waals surface area contributed by atoms with E-state index in [0.29, 0.717) is 11.8 Å². The van der Waals surface area contributed by atoms with Crippen molar-refractivity contribution in [3.05, 3.63) is 22.5 Å². The molecule has 0 spiro atoms. The molecule has 3 fully saturated rings. The van der Waals surface area contributed by atoms with Crippen molar-refractivity contribution in [2.75, 3.05) is 0 Å². The van der Waals surface area contributed by atoms with Crippen molar-refractivity contribution >= 4 is 11.6 Å². The Morgan fingerprint density at radius 3 is 2.90 bits per heavy atom. The summed E-state index contributed by atoms with van der Waals surface area (Å²) in [7, 11) is 1.48. The second kappa shape index (κ2) is 3.87. The van der Waals surface area contributed by atoms with Gasteiger partial charge in [0.1, 0.15) is 12.4 Å². The lowest BCUT2D eigenvalue weighted by Crippen LogP contribution is -2.27. The van der Waals surface area contributed by atoms with E-state index in [1.165, 1.54) is 17.8 Å². The lowest BCUT2D eigenvalue weighted by Gasteiger charge is -2.23. The topological polar surface area (TPSA) is 91.4 Å². The van der Waals surface area contributed by atoms with Gasteiger partial charge < -0.3 is 4.74 Å². The van der Waals surface area contributed by atoms with Crippen molar-refractivity contribution in [2.24, 2.45) is 18.9 Å². The predicted molar refractivity (Wildman–Crippen MR) is 66.1 cm³/mol. The van der Waals surface area contributed by atoms with Crippen LogP contribution in [0.5, 0.6) is 0 Å². The standard InChI is InChI=1S/C12H13N5O3/c1-16-12(19)17-5-13-9(10(17)14-15-16)11(18)20-8-4-6-2-7(8)3-6/h5-8H,2-4H2,1H3. The SMILES string of the molecule is Cn1nnc2c(C(=O)OC3CC4CC3C4)ncn2c1=O. The van der Waals surface area contributed by atoms with E-state index in [0.717, 1.165) is 23.9 Å². The van der Waals surface area contributed by atoms with Gasteiger partial charge in [-0.15, -0.1) is 5.10 Å². The van der Waals surface area contributed by atoms with Gasteiger partial charge in [-0.05, 0) is 31.1 Å². The Labute approximate surface area is 113 Å². The lowest BCUT2D eigenvalue weighted by atomic mass is 9.84. The number of hydrogen-bond acceptors (Lipinski definition) is 6. The van der Waals surface area contributed by atoms with Gasteiger partial charge in [-0.25, -0.2) is 19.0 Å². The van der Waals surface area contributed by atoms with E-state index in [1.54, 1.807) is 0 Å². The summed E-state index contributed by atoms with van der Waals surface area (Å²) in [6.07, 6.45) is 4.52. The number of carbonyl (C=O) groups excluding carboxylic acids is 1. The minimum Gasteiger partial charge on any atom is -0.457 e. The first kappa shape index (κ1) is 11.6. The molecule has 2 aromatic rings. The molecule has 0 aromatic carbocycles. The number of rotatable bonds is 2. The smallest absolute Gasteiger partial charge is 0.361 e. The molecule has 0 saturated heterocycles. The third-order valence-corrected chi connectivity index (χ3v) is 4.31. The highest BCUT2D eigenvalue weighted by Crippen LogP contribution is 2.49. The van der Waals surface area contributed by atoms with E-state index in [-0.39, 0.29) is 17.4 Å². The number of aromatic nitrogens is 5. The third kappa shape index (κ3) is 1.50. The Kier molecular flexibility index (Phi) is 2.24. The van der Waals surface area contributed by atoms with Gasteiger partial charge in [-0.2, -0.15) is 4.68 Å². The van der Waals surface area contributed by atoms with E-state index in [2.05, 4.69) is 15.3 Å². The van der Waals surface area contributed by atoms with Crippen molar-refractivity contribution in [3.63, 3.8) is 0 Å². The predicted octanol–water partition coefficient (Wildman–Crippen LogP) is -0.222.